The summed E-state index contributed by atoms with van der Waals surface area (Å²) in [5.74, 6) is -0.755. The number of piperazine rings is 1. The number of nitro groups is 2. The van der Waals surface area contributed by atoms with Crippen molar-refractivity contribution >= 4 is 34.7 Å². The number of nitro benzene ring substituents is 2. The highest BCUT2D eigenvalue weighted by atomic mass is 16.6. The smallest absolute Gasteiger partial charge is 0.410 e. The summed E-state index contributed by atoms with van der Waals surface area (Å²) >= 11 is 0. The number of amides is 2. The van der Waals surface area contributed by atoms with Gasteiger partial charge < -0.3 is 19.9 Å². The van der Waals surface area contributed by atoms with E-state index in [0.717, 1.165) is 0 Å². The second kappa shape index (κ2) is 9.95. The third kappa shape index (κ3) is 6.22. The van der Waals surface area contributed by atoms with Gasteiger partial charge in [0.1, 0.15) is 11.2 Å². The Morgan fingerprint density at radius 2 is 1.63 bits per heavy atom. The first-order valence-corrected chi connectivity index (χ1v) is 10.9. The Kier molecular flexibility index (Phi) is 7.22. The molecule has 0 bridgehead atoms. The van der Waals surface area contributed by atoms with E-state index in [4.69, 9.17) is 4.74 Å². The Bertz CT molecular complexity index is 1170. The Morgan fingerprint density at radius 1 is 0.971 bits per heavy atom. The molecule has 0 unspecified atom stereocenters. The SMILES string of the molecule is Cc1ccc([N+](=O)[O-])cc1NC(=O)c1cc(N2CCN(C(=O)OC(C)(C)C)CC2)ccc1[N+](=O)[O-]. The molecular weight excluding hydrogens is 458 g/mol. The first-order chi connectivity index (χ1) is 16.4. The summed E-state index contributed by atoms with van der Waals surface area (Å²) in [6.07, 6.45) is -0.409. The second-order valence-corrected chi connectivity index (χ2v) is 9.12. The van der Waals surface area contributed by atoms with Gasteiger partial charge in [0.25, 0.3) is 17.3 Å². The molecule has 0 spiro atoms. The quantitative estimate of drug-likeness (QED) is 0.491. The zero-order chi connectivity index (χ0) is 25.9. The van der Waals surface area contributed by atoms with E-state index in [9.17, 15) is 29.8 Å². The fraction of sp³-hybridized carbons (Fsp3) is 0.391. The average molecular weight is 485 g/mol. The van der Waals surface area contributed by atoms with Gasteiger partial charge in [-0.25, -0.2) is 4.79 Å². The highest BCUT2D eigenvalue weighted by molar-refractivity contribution is 6.08. The van der Waals surface area contributed by atoms with Gasteiger partial charge in [0, 0.05) is 50.1 Å². The Hall–Kier alpha value is -4.22. The lowest BCUT2D eigenvalue weighted by Crippen LogP contribution is -2.50. The molecule has 12 heteroatoms. The van der Waals surface area contributed by atoms with Crippen LogP contribution in [0.15, 0.2) is 36.4 Å². The lowest BCUT2D eigenvalue weighted by atomic mass is 10.1. The molecule has 2 aromatic rings. The molecule has 2 aromatic carbocycles. The molecule has 1 aliphatic heterocycles. The largest absolute Gasteiger partial charge is 0.444 e. The topological polar surface area (TPSA) is 148 Å². The molecule has 35 heavy (non-hydrogen) atoms. The number of benzene rings is 2. The van der Waals surface area contributed by atoms with E-state index in [1.165, 1.54) is 30.3 Å². The number of nitrogens with zero attached hydrogens (tertiary/aromatic N) is 4. The van der Waals surface area contributed by atoms with Crippen LogP contribution in [0.5, 0.6) is 0 Å². The maximum absolute atomic E-state index is 13.0. The Balaban J connectivity index is 1.80. The molecule has 1 fully saturated rings. The summed E-state index contributed by atoms with van der Waals surface area (Å²) < 4.78 is 5.40. The minimum Gasteiger partial charge on any atom is -0.444 e. The van der Waals surface area contributed by atoms with E-state index in [-0.39, 0.29) is 22.6 Å². The maximum Gasteiger partial charge on any atom is 0.410 e. The van der Waals surface area contributed by atoms with Crippen molar-refractivity contribution in [2.75, 3.05) is 36.4 Å². The number of nitrogens with one attached hydrogen (secondary N) is 1. The van der Waals surface area contributed by atoms with Gasteiger partial charge in [-0.05, 0) is 45.4 Å². The fourth-order valence-corrected chi connectivity index (χ4v) is 3.58. The summed E-state index contributed by atoms with van der Waals surface area (Å²) in [6, 6.07) is 8.23. The molecule has 1 N–H and O–H groups in total. The lowest BCUT2D eigenvalue weighted by molar-refractivity contribution is -0.385. The van der Waals surface area contributed by atoms with Crippen LogP contribution in [0.1, 0.15) is 36.7 Å². The Labute approximate surface area is 201 Å². The standard InChI is InChI=1S/C23H27N5O7/c1-15-5-6-17(27(31)32)14-19(15)24-21(29)18-13-16(7-8-20(18)28(33)34)25-9-11-26(12-10-25)22(30)35-23(2,3)4/h5-8,13-14H,9-12H2,1-4H3,(H,24,29). The van der Waals surface area contributed by atoms with Gasteiger partial charge in [0.15, 0.2) is 0 Å². The zero-order valence-corrected chi connectivity index (χ0v) is 19.9. The van der Waals surface area contributed by atoms with Crippen molar-refractivity contribution in [2.24, 2.45) is 0 Å². The number of ether oxygens (including phenoxy) is 1. The average Bonchev–Trinajstić information content (AvgIpc) is 2.78. The minimum absolute atomic E-state index is 0.173. The highest BCUT2D eigenvalue weighted by Gasteiger charge is 2.28. The molecule has 1 aliphatic rings. The molecule has 12 nitrogen and oxygen atoms in total. The van der Waals surface area contributed by atoms with Crippen molar-refractivity contribution in [1.82, 2.24) is 4.90 Å². The van der Waals surface area contributed by atoms with Crippen LogP contribution in [-0.4, -0.2) is 58.5 Å². The summed E-state index contributed by atoms with van der Waals surface area (Å²) in [7, 11) is 0. The fourth-order valence-electron chi connectivity index (χ4n) is 3.58. The van der Waals surface area contributed by atoms with Crippen LogP contribution in [0.2, 0.25) is 0 Å². The molecule has 0 atom stereocenters. The van der Waals surface area contributed by atoms with Crippen molar-refractivity contribution in [3.63, 3.8) is 0 Å². The monoisotopic (exact) mass is 485 g/mol. The number of non-ortho nitro benzene ring substituents is 1. The maximum atomic E-state index is 13.0. The van der Waals surface area contributed by atoms with Crippen molar-refractivity contribution in [2.45, 2.75) is 33.3 Å². The summed E-state index contributed by atoms with van der Waals surface area (Å²) in [5, 5.41) is 25.2. The summed E-state index contributed by atoms with van der Waals surface area (Å²) in [5.41, 5.74) is -0.0326. The molecule has 0 aromatic heterocycles. The molecule has 1 heterocycles. The van der Waals surface area contributed by atoms with Crippen LogP contribution >= 0.6 is 0 Å². The molecule has 186 valence electrons. The number of hydrogen-bond donors (Lipinski definition) is 1. The van der Waals surface area contributed by atoms with Gasteiger partial charge in [-0.1, -0.05) is 6.07 Å². The summed E-state index contributed by atoms with van der Waals surface area (Å²) in [6.45, 7) is 8.71. The van der Waals surface area contributed by atoms with Crippen molar-refractivity contribution in [1.29, 1.82) is 0 Å². The number of hydrogen-bond acceptors (Lipinski definition) is 8. The van der Waals surface area contributed by atoms with Crippen molar-refractivity contribution in [3.05, 3.63) is 67.8 Å². The summed E-state index contributed by atoms with van der Waals surface area (Å²) in [4.78, 5) is 50.2. The molecule has 1 saturated heterocycles. The van der Waals surface area contributed by atoms with Crippen LogP contribution in [0.4, 0.5) is 27.5 Å². The number of carbonyl (C=O) groups is 2. The zero-order valence-electron chi connectivity index (χ0n) is 19.9. The van der Waals surface area contributed by atoms with Gasteiger partial charge in [0.05, 0.1) is 15.5 Å². The van der Waals surface area contributed by atoms with E-state index in [0.29, 0.717) is 37.4 Å². The molecule has 0 saturated carbocycles. The first-order valence-electron chi connectivity index (χ1n) is 10.9. The van der Waals surface area contributed by atoms with Crippen LogP contribution < -0.4 is 10.2 Å². The van der Waals surface area contributed by atoms with Crippen molar-refractivity contribution in [3.8, 4) is 0 Å². The number of rotatable bonds is 5. The third-order valence-electron chi connectivity index (χ3n) is 5.40. The molecule has 3 rings (SSSR count). The van der Waals surface area contributed by atoms with Crippen LogP contribution in [0, 0.1) is 27.2 Å². The van der Waals surface area contributed by atoms with Crippen LogP contribution in [0.25, 0.3) is 0 Å². The molecule has 0 aliphatic carbocycles. The third-order valence-corrected chi connectivity index (χ3v) is 5.40. The van der Waals surface area contributed by atoms with E-state index < -0.39 is 27.4 Å². The predicted octanol–water partition coefficient (Wildman–Crippen LogP) is 4.12. The van der Waals surface area contributed by atoms with Gasteiger partial charge in [-0.3, -0.25) is 25.0 Å². The van der Waals surface area contributed by atoms with Gasteiger partial charge >= 0.3 is 6.09 Å². The van der Waals surface area contributed by atoms with Gasteiger partial charge in [-0.15, -0.1) is 0 Å². The van der Waals surface area contributed by atoms with E-state index in [2.05, 4.69) is 5.32 Å². The highest BCUT2D eigenvalue weighted by Crippen LogP contribution is 2.28. The number of carbonyl (C=O) groups excluding carboxylic acids is 2. The minimum atomic E-state index is -0.755. The van der Waals surface area contributed by atoms with Crippen LogP contribution in [0.3, 0.4) is 0 Å². The van der Waals surface area contributed by atoms with Crippen LogP contribution in [-0.2, 0) is 4.74 Å². The predicted molar refractivity (Wildman–Crippen MR) is 129 cm³/mol. The first kappa shape index (κ1) is 25.4. The molecule has 2 amide bonds. The normalized spacial score (nSPS) is 13.8. The van der Waals surface area contributed by atoms with E-state index in [1.54, 1.807) is 38.7 Å². The van der Waals surface area contributed by atoms with E-state index in [1.807, 2.05) is 4.90 Å². The second-order valence-electron chi connectivity index (χ2n) is 9.12. The van der Waals surface area contributed by atoms with Gasteiger partial charge in [-0.2, -0.15) is 0 Å². The molecule has 0 radical (unpaired) electrons. The molecular formula is C23H27N5O7. The lowest BCUT2D eigenvalue weighted by Gasteiger charge is -2.36. The van der Waals surface area contributed by atoms with Crippen molar-refractivity contribution < 1.29 is 24.2 Å². The number of anilines is 2. The number of aryl methyl sites for hydroxylation is 1. The van der Waals surface area contributed by atoms with Gasteiger partial charge in [0.2, 0.25) is 0 Å². The Morgan fingerprint density at radius 3 is 2.20 bits per heavy atom. The van der Waals surface area contributed by atoms with E-state index >= 15 is 0 Å².